The van der Waals surface area contributed by atoms with Gasteiger partial charge in [0.15, 0.2) is 0 Å². The average Bonchev–Trinajstić information content (AvgIpc) is 2.38. The first-order valence-electron chi connectivity index (χ1n) is 5.02. The number of benzene rings is 1. The van der Waals surface area contributed by atoms with Crippen molar-refractivity contribution in [2.45, 2.75) is 10.8 Å². The monoisotopic (exact) mass is 244 g/mol. The third-order valence-electron chi connectivity index (χ3n) is 2.20. The van der Waals surface area contributed by atoms with Crippen LogP contribution in [0.25, 0.3) is 0 Å². The number of thioether (sulfide) groups is 1. The van der Waals surface area contributed by atoms with Crippen molar-refractivity contribution >= 4 is 11.8 Å². The first kappa shape index (κ1) is 11.6. The van der Waals surface area contributed by atoms with E-state index in [0.717, 1.165) is 5.03 Å². The summed E-state index contributed by atoms with van der Waals surface area (Å²) in [5, 5.41) is 9.77. The summed E-state index contributed by atoms with van der Waals surface area (Å²) in [5.41, 5.74) is 1.21. The van der Waals surface area contributed by atoms with Gasteiger partial charge in [0, 0.05) is 11.9 Å². The van der Waals surface area contributed by atoms with Gasteiger partial charge < -0.3 is 0 Å². The highest BCUT2D eigenvalue weighted by Gasteiger charge is 2.04. The second kappa shape index (κ2) is 5.46. The van der Waals surface area contributed by atoms with Crippen molar-refractivity contribution in [3.05, 3.63) is 59.5 Å². The molecule has 0 amide bonds. The van der Waals surface area contributed by atoms with Crippen LogP contribution in [0.2, 0.25) is 0 Å². The Kier molecular flexibility index (Phi) is 3.73. The molecule has 2 rings (SSSR count). The molecule has 0 saturated carbocycles. The van der Waals surface area contributed by atoms with Crippen LogP contribution in [0, 0.1) is 17.1 Å². The van der Waals surface area contributed by atoms with E-state index in [0.29, 0.717) is 16.9 Å². The van der Waals surface area contributed by atoms with Crippen LogP contribution < -0.4 is 0 Å². The lowest BCUT2D eigenvalue weighted by atomic mass is 10.1. The van der Waals surface area contributed by atoms with Crippen molar-refractivity contribution in [1.82, 2.24) is 4.98 Å². The smallest absolute Gasteiger partial charge is 0.123 e. The Bertz CT molecular complexity index is 549. The topological polar surface area (TPSA) is 36.7 Å². The minimum absolute atomic E-state index is 0.319. The van der Waals surface area contributed by atoms with E-state index in [1.54, 1.807) is 6.20 Å². The number of hydrogen-bond donors (Lipinski definition) is 0. The van der Waals surface area contributed by atoms with Gasteiger partial charge in [-0.2, -0.15) is 5.26 Å². The molecule has 17 heavy (non-hydrogen) atoms. The highest BCUT2D eigenvalue weighted by atomic mass is 32.2. The highest BCUT2D eigenvalue weighted by molar-refractivity contribution is 7.98. The molecule has 0 N–H and O–H groups in total. The zero-order chi connectivity index (χ0) is 12.1. The van der Waals surface area contributed by atoms with Crippen LogP contribution in [0.5, 0.6) is 0 Å². The predicted molar refractivity (Wildman–Crippen MR) is 64.9 cm³/mol. The fraction of sp³-hybridized carbons (Fsp3) is 0.0769. The van der Waals surface area contributed by atoms with E-state index < -0.39 is 0 Å². The van der Waals surface area contributed by atoms with Crippen molar-refractivity contribution in [1.29, 1.82) is 5.26 Å². The minimum Gasteiger partial charge on any atom is -0.250 e. The molecule has 0 atom stereocenters. The SMILES string of the molecule is N#Cc1ccc(F)cc1CSc1ccccn1. The molecule has 0 spiro atoms. The normalized spacial score (nSPS) is 9.88. The van der Waals surface area contributed by atoms with E-state index in [9.17, 15) is 4.39 Å². The van der Waals surface area contributed by atoms with E-state index in [1.807, 2.05) is 18.2 Å². The van der Waals surface area contributed by atoms with Crippen molar-refractivity contribution < 1.29 is 4.39 Å². The van der Waals surface area contributed by atoms with E-state index in [4.69, 9.17) is 5.26 Å². The highest BCUT2D eigenvalue weighted by Crippen LogP contribution is 2.22. The number of aromatic nitrogens is 1. The lowest BCUT2D eigenvalue weighted by molar-refractivity contribution is 0.626. The first-order valence-corrected chi connectivity index (χ1v) is 6.00. The zero-order valence-electron chi connectivity index (χ0n) is 8.93. The Balaban J connectivity index is 2.14. The molecule has 84 valence electrons. The summed E-state index contributed by atoms with van der Waals surface area (Å²) in [5.74, 6) is 0.220. The van der Waals surface area contributed by atoms with Gasteiger partial charge in [-0.05, 0) is 35.9 Å². The molecule has 0 saturated heterocycles. The van der Waals surface area contributed by atoms with Gasteiger partial charge in [0.25, 0.3) is 0 Å². The van der Waals surface area contributed by atoms with Crippen molar-refractivity contribution in [3.63, 3.8) is 0 Å². The minimum atomic E-state index is -0.319. The molecular formula is C13H9FN2S. The molecule has 1 heterocycles. The van der Waals surface area contributed by atoms with E-state index >= 15 is 0 Å². The van der Waals surface area contributed by atoms with Gasteiger partial charge in [-0.15, -0.1) is 11.8 Å². The molecule has 1 aromatic carbocycles. The molecule has 0 bridgehead atoms. The molecule has 0 fully saturated rings. The van der Waals surface area contributed by atoms with Gasteiger partial charge in [-0.25, -0.2) is 9.37 Å². The fourth-order valence-corrected chi connectivity index (χ4v) is 2.23. The van der Waals surface area contributed by atoms with E-state index in [2.05, 4.69) is 11.1 Å². The maximum Gasteiger partial charge on any atom is 0.123 e. The Morgan fingerprint density at radius 1 is 1.29 bits per heavy atom. The molecule has 1 aromatic heterocycles. The van der Waals surface area contributed by atoms with Crippen LogP contribution in [0.4, 0.5) is 4.39 Å². The summed E-state index contributed by atoms with van der Waals surface area (Å²) < 4.78 is 13.1. The van der Waals surface area contributed by atoms with Gasteiger partial charge in [0.05, 0.1) is 16.7 Å². The predicted octanol–water partition coefficient (Wildman–Crippen LogP) is 3.38. The van der Waals surface area contributed by atoms with Gasteiger partial charge in [-0.1, -0.05) is 6.07 Å². The summed E-state index contributed by atoms with van der Waals surface area (Å²) in [6.07, 6.45) is 1.71. The van der Waals surface area contributed by atoms with E-state index in [1.165, 1.54) is 30.0 Å². The largest absolute Gasteiger partial charge is 0.250 e. The maximum atomic E-state index is 13.1. The standard InChI is InChI=1S/C13H9FN2S/c14-12-5-4-10(8-15)11(7-12)9-17-13-3-1-2-6-16-13/h1-7H,9H2. The number of halogens is 1. The lowest BCUT2D eigenvalue weighted by Crippen LogP contribution is -1.90. The zero-order valence-corrected chi connectivity index (χ0v) is 9.75. The Morgan fingerprint density at radius 2 is 2.18 bits per heavy atom. The molecule has 0 aliphatic rings. The summed E-state index contributed by atoms with van der Waals surface area (Å²) in [6.45, 7) is 0. The van der Waals surface area contributed by atoms with E-state index in [-0.39, 0.29) is 5.82 Å². The van der Waals surface area contributed by atoms with Gasteiger partial charge >= 0.3 is 0 Å². The van der Waals surface area contributed by atoms with Crippen LogP contribution in [-0.2, 0) is 5.75 Å². The fourth-order valence-electron chi connectivity index (χ4n) is 1.37. The molecule has 2 nitrogen and oxygen atoms in total. The molecule has 4 heteroatoms. The second-order valence-electron chi connectivity index (χ2n) is 3.37. The Hall–Kier alpha value is -1.86. The third-order valence-corrected chi connectivity index (χ3v) is 3.19. The summed E-state index contributed by atoms with van der Waals surface area (Å²) in [6, 6.07) is 11.9. The van der Waals surface area contributed by atoms with Crippen LogP contribution in [0.1, 0.15) is 11.1 Å². The number of pyridine rings is 1. The van der Waals surface area contributed by atoms with Crippen LogP contribution in [0.3, 0.4) is 0 Å². The third kappa shape index (κ3) is 3.05. The summed E-state index contributed by atoms with van der Waals surface area (Å²) >= 11 is 1.48. The molecular weight excluding hydrogens is 235 g/mol. The summed E-state index contributed by atoms with van der Waals surface area (Å²) in [7, 11) is 0. The average molecular weight is 244 g/mol. The molecule has 2 aromatic rings. The van der Waals surface area contributed by atoms with Crippen molar-refractivity contribution in [3.8, 4) is 6.07 Å². The summed E-state index contributed by atoms with van der Waals surface area (Å²) in [4.78, 5) is 4.16. The van der Waals surface area contributed by atoms with Gasteiger partial charge in [-0.3, -0.25) is 0 Å². The Labute approximate surface area is 103 Å². The molecule has 0 unspecified atom stereocenters. The van der Waals surface area contributed by atoms with Crippen LogP contribution in [0.15, 0.2) is 47.6 Å². The number of rotatable bonds is 3. The number of nitriles is 1. The Morgan fingerprint density at radius 3 is 2.88 bits per heavy atom. The van der Waals surface area contributed by atoms with Gasteiger partial charge in [0.1, 0.15) is 5.82 Å². The lowest BCUT2D eigenvalue weighted by Gasteiger charge is -2.03. The van der Waals surface area contributed by atoms with Crippen molar-refractivity contribution in [2.75, 3.05) is 0 Å². The molecule has 0 aliphatic carbocycles. The van der Waals surface area contributed by atoms with Crippen LogP contribution in [-0.4, -0.2) is 4.98 Å². The number of hydrogen-bond acceptors (Lipinski definition) is 3. The molecule has 0 aliphatic heterocycles. The number of nitrogens with zero attached hydrogens (tertiary/aromatic N) is 2. The van der Waals surface area contributed by atoms with Crippen LogP contribution >= 0.6 is 11.8 Å². The van der Waals surface area contributed by atoms with Gasteiger partial charge in [0.2, 0.25) is 0 Å². The quantitative estimate of drug-likeness (QED) is 0.776. The second-order valence-corrected chi connectivity index (χ2v) is 4.37. The maximum absolute atomic E-state index is 13.1. The van der Waals surface area contributed by atoms with Crippen molar-refractivity contribution in [2.24, 2.45) is 0 Å². The molecule has 0 radical (unpaired) electrons. The first-order chi connectivity index (χ1) is 8.29.